The Labute approximate surface area is 154 Å². The molecule has 1 aromatic heterocycles. The number of rotatable bonds is 6. The van der Waals surface area contributed by atoms with E-state index in [2.05, 4.69) is 4.98 Å². The van der Waals surface area contributed by atoms with Crippen LogP contribution in [-0.4, -0.2) is 23.8 Å². The molecular formula is C20H24NO4P. The minimum Gasteiger partial charge on any atom is -0.483 e. The molecule has 0 radical (unpaired) electrons. The number of pyridine rings is 1. The first kappa shape index (κ1) is 18.8. The maximum Gasteiger partial charge on any atom is 0.361 e. The van der Waals surface area contributed by atoms with Gasteiger partial charge in [0, 0.05) is 17.3 Å². The van der Waals surface area contributed by atoms with Crippen LogP contribution in [0.15, 0.2) is 48.7 Å². The SMILES string of the molecule is CCOP(=O)(OCC)c1ccc2c(c1)C(c1ccccn1)=CC(C)(C)O2. The van der Waals surface area contributed by atoms with E-state index in [1.807, 2.05) is 50.3 Å². The fourth-order valence-corrected chi connectivity index (χ4v) is 4.58. The Morgan fingerprint density at radius 3 is 2.46 bits per heavy atom. The third-order valence-corrected chi connectivity index (χ3v) is 6.08. The molecule has 2 heterocycles. The fourth-order valence-electron chi connectivity index (χ4n) is 2.99. The minimum absolute atomic E-state index is 0.306. The minimum atomic E-state index is -3.37. The summed E-state index contributed by atoms with van der Waals surface area (Å²) in [4.78, 5) is 4.48. The van der Waals surface area contributed by atoms with Crippen molar-refractivity contribution in [1.29, 1.82) is 0 Å². The van der Waals surface area contributed by atoms with Gasteiger partial charge >= 0.3 is 7.60 Å². The molecule has 6 heteroatoms. The molecule has 1 aliphatic rings. The largest absolute Gasteiger partial charge is 0.483 e. The molecule has 1 aromatic carbocycles. The van der Waals surface area contributed by atoms with Crippen LogP contribution in [0, 0.1) is 0 Å². The topological polar surface area (TPSA) is 57.7 Å². The van der Waals surface area contributed by atoms with Gasteiger partial charge in [-0.25, -0.2) is 0 Å². The maximum atomic E-state index is 13.2. The maximum absolute atomic E-state index is 13.2. The van der Waals surface area contributed by atoms with Gasteiger partial charge in [0.15, 0.2) is 0 Å². The summed E-state index contributed by atoms with van der Waals surface area (Å²) in [6.45, 7) is 8.21. The predicted molar refractivity (Wildman–Crippen MR) is 103 cm³/mol. The van der Waals surface area contributed by atoms with E-state index in [0.29, 0.717) is 18.5 Å². The van der Waals surface area contributed by atoms with E-state index in [4.69, 9.17) is 13.8 Å². The summed E-state index contributed by atoms with van der Waals surface area (Å²) in [6.07, 6.45) is 3.79. The van der Waals surface area contributed by atoms with E-state index >= 15 is 0 Å². The van der Waals surface area contributed by atoms with Crippen molar-refractivity contribution in [2.75, 3.05) is 13.2 Å². The first-order valence-electron chi connectivity index (χ1n) is 8.76. The molecule has 0 fully saturated rings. The van der Waals surface area contributed by atoms with Gasteiger partial charge in [0.2, 0.25) is 0 Å². The number of ether oxygens (including phenoxy) is 1. The van der Waals surface area contributed by atoms with Crippen molar-refractivity contribution in [2.45, 2.75) is 33.3 Å². The number of nitrogens with zero attached hydrogens (tertiary/aromatic N) is 1. The Kier molecular flexibility index (Phi) is 5.33. The Morgan fingerprint density at radius 1 is 1.12 bits per heavy atom. The number of aromatic nitrogens is 1. The summed E-state index contributed by atoms with van der Waals surface area (Å²) in [7, 11) is -3.37. The summed E-state index contributed by atoms with van der Waals surface area (Å²) in [6, 6.07) is 11.2. The van der Waals surface area contributed by atoms with Gasteiger partial charge < -0.3 is 13.8 Å². The normalized spacial score (nSPS) is 15.8. The number of benzene rings is 1. The highest BCUT2D eigenvalue weighted by Gasteiger charge is 2.32. The van der Waals surface area contributed by atoms with E-state index in [-0.39, 0.29) is 0 Å². The second-order valence-electron chi connectivity index (χ2n) is 6.49. The number of hydrogen-bond acceptors (Lipinski definition) is 5. The van der Waals surface area contributed by atoms with E-state index < -0.39 is 13.2 Å². The van der Waals surface area contributed by atoms with Crippen LogP contribution in [-0.2, 0) is 13.6 Å². The molecule has 0 bridgehead atoms. The molecule has 0 unspecified atom stereocenters. The molecule has 2 aromatic rings. The number of fused-ring (bicyclic) bond motifs is 1. The van der Waals surface area contributed by atoms with Gasteiger partial charge in [-0.3, -0.25) is 9.55 Å². The summed E-state index contributed by atoms with van der Waals surface area (Å²) in [5, 5.41) is 0.519. The highest BCUT2D eigenvalue weighted by Crippen LogP contribution is 2.48. The van der Waals surface area contributed by atoms with Crippen LogP contribution >= 0.6 is 7.60 Å². The Morgan fingerprint density at radius 2 is 1.85 bits per heavy atom. The van der Waals surface area contributed by atoms with Gasteiger partial charge in [0.25, 0.3) is 0 Å². The second kappa shape index (κ2) is 7.36. The standard InChI is InChI=1S/C20H24NO4P/c1-5-23-26(22,24-6-2)15-10-11-19-16(13-15)17(14-20(3,4)25-19)18-9-7-8-12-21-18/h7-14H,5-6H2,1-4H3. The van der Waals surface area contributed by atoms with E-state index in [1.54, 1.807) is 26.1 Å². The Bertz CT molecular complexity index is 851. The molecule has 0 saturated carbocycles. The molecular weight excluding hydrogens is 349 g/mol. The molecule has 0 spiro atoms. The van der Waals surface area contributed by atoms with Gasteiger partial charge in [0.1, 0.15) is 11.4 Å². The van der Waals surface area contributed by atoms with Crippen molar-refractivity contribution in [3.05, 3.63) is 59.9 Å². The van der Waals surface area contributed by atoms with E-state index in [9.17, 15) is 4.57 Å². The summed E-state index contributed by atoms with van der Waals surface area (Å²) in [5.74, 6) is 0.724. The number of hydrogen-bond donors (Lipinski definition) is 0. The highest BCUT2D eigenvalue weighted by atomic mass is 31.2. The molecule has 0 amide bonds. The van der Waals surface area contributed by atoms with Crippen molar-refractivity contribution in [3.8, 4) is 5.75 Å². The molecule has 3 rings (SSSR count). The zero-order valence-electron chi connectivity index (χ0n) is 15.6. The van der Waals surface area contributed by atoms with E-state index in [1.165, 1.54) is 0 Å². The molecule has 0 saturated heterocycles. The molecule has 0 N–H and O–H groups in total. The molecule has 138 valence electrons. The van der Waals surface area contributed by atoms with Crippen molar-refractivity contribution in [1.82, 2.24) is 4.98 Å². The second-order valence-corrected chi connectivity index (χ2v) is 8.52. The van der Waals surface area contributed by atoms with Crippen molar-refractivity contribution < 1.29 is 18.3 Å². The molecule has 1 aliphatic heterocycles. The predicted octanol–water partition coefficient (Wildman–Crippen LogP) is 4.58. The average Bonchev–Trinajstić information content (AvgIpc) is 2.61. The van der Waals surface area contributed by atoms with Crippen LogP contribution in [0.25, 0.3) is 5.57 Å². The molecule has 26 heavy (non-hydrogen) atoms. The van der Waals surface area contributed by atoms with Gasteiger partial charge in [0.05, 0.1) is 24.2 Å². The first-order chi connectivity index (χ1) is 12.4. The zero-order chi connectivity index (χ0) is 18.8. The third kappa shape index (κ3) is 3.75. The quantitative estimate of drug-likeness (QED) is 0.694. The van der Waals surface area contributed by atoms with Crippen LogP contribution < -0.4 is 10.0 Å². The van der Waals surface area contributed by atoms with Crippen LogP contribution in [0.5, 0.6) is 5.75 Å². The van der Waals surface area contributed by atoms with Crippen LogP contribution in [0.1, 0.15) is 39.0 Å². The highest BCUT2D eigenvalue weighted by molar-refractivity contribution is 7.62. The van der Waals surface area contributed by atoms with Gasteiger partial charge in [-0.1, -0.05) is 6.07 Å². The van der Waals surface area contributed by atoms with Gasteiger partial charge in [-0.05, 0) is 64.1 Å². The lowest BCUT2D eigenvalue weighted by Crippen LogP contribution is -2.30. The van der Waals surface area contributed by atoms with E-state index in [0.717, 1.165) is 22.6 Å². The molecule has 0 aliphatic carbocycles. The van der Waals surface area contributed by atoms with Crippen LogP contribution in [0.2, 0.25) is 0 Å². The van der Waals surface area contributed by atoms with Gasteiger partial charge in [-0.15, -0.1) is 0 Å². The summed E-state index contributed by atoms with van der Waals surface area (Å²) >= 11 is 0. The average molecular weight is 373 g/mol. The lowest BCUT2D eigenvalue weighted by atomic mass is 9.92. The lowest BCUT2D eigenvalue weighted by Gasteiger charge is -2.31. The molecule has 5 nitrogen and oxygen atoms in total. The monoisotopic (exact) mass is 373 g/mol. The van der Waals surface area contributed by atoms with Crippen molar-refractivity contribution in [3.63, 3.8) is 0 Å². The van der Waals surface area contributed by atoms with Crippen LogP contribution in [0.4, 0.5) is 0 Å². The molecule has 0 atom stereocenters. The lowest BCUT2D eigenvalue weighted by molar-refractivity contribution is 0.158. The van der Waals surface area contributed by atoms with Crippen LogP contribution in [0.3, 0.4) is 0 Å². The fraction of sp³-hybridized carbons (Fsp3) is 0.350. The Balaban J connectivity index is 2.14. The Hall–Kier alpha value is -1.94. The van der Waals surface area contributed by atoms with Gasteiger partial charge in [-0.2, -0.15) is 0 Å². The summed E-state index contributed by atoms with van der Waals surface area (Å²) in [5.41, 5.74) is 2.15. The summed E-state index contributed by atoms with van der Waals surface area (Å²) < 4.78 is 30.2. The zero-order valence-corrected chi connectivity index (χ0v) is 16.5. The van der Waals surface area contributed by atoms with Crippen molar-refractivity contribution >= 4 is 18.5 Å². The van der Waals surface area contributed by atoms with Crippen molar-refractivity contribution in [2.24, 2.45) is 0 Å². The first-order valence-corrected chi connectivity index (χ1v) is 10.3. The smallest absolute Gasteiger partial charge is 0.361 e. The third-order valence-electron chi connectivity index (χ3n) is 3.97.